The third-order valence-electron chi connectivity index (χ3n) is 4.46. The highest BCUT2D eigenvalue weighted by Crippen LogP contribution is 2.16. The maximum atomic E-state index is 12.5. The molecule has 2 aromatic rings. The molecule has 1 aliphatic heterocycles. The fraction of sp³-hybridized carbons (Fsp3) is 0.381. The van der Waals surface area contributed by atoms with E-state index in [1.807, 2.05) is 54.6 Å². The first-order chi connectivity index (χ1) is 12.7. The Bertz CT molecular complexity index is 704. The Labute approximate surface area is 154 Å². The van der Waals surface area contributed by atoms with Crippen LogP contribution in [0.15, 0.2) is 54.6 Å². The van der Waals surface area contributed by atoms with Crippen LogP contribution in [0.1, 0.15) is 17.5 Å². The molecule has 0 spiro atoms. The molecule has 1 amide bonds. The maximum Gasteiger partial charge on any atom is 0.224 e. The Morgan fingerprint density at radius 2 is 1.96 bits per heavy atom. The van der Waals surface area contributed by atoms with Gasteiger partial charge in [0.05, 0.1) is 32.8 Å². The van der Waals surface area contributed by atoms with Crippen molar-refractivity contribution in [2.45, 2.75) is 31.6 Å². The molecular formula is C21H25NO4. The van der Waals surface area contributed by atoms with Crippen LogP contribution in [0.3, 0.4) is 0 Å². The smallest absolute Gasteiger partial charge is 0.224 e. The molecule has 0 radical (unpaired) electrons. The molecule has 0 aliphatic carbocycles. The number of ether oxygens (including phenoxy) is 3. The molecule has 0 bridgehead atoms. The van der Waals surface area contributed by atoms with Crippen molar-refractivity contribution in [2.75, 3.05) is 20.3 Å². The standard InChI is InChI=1S/C21H25NO4/c1-24-18-9-5-8-17(12-18)13-21(23)22-19-10-11-25-15-20(19)26-14-16-6-3-2-4-7-16/h2-9,12,19-20H,10-11,13-15H2,1H3,(H,22,23)/t19-,20-/m1/s1. The lowest BCUT2D eigenvalue weighted by Gasteiger charge is -2.32. The highest BCUT2D eigenvalue weighted by Gasteiger charge is 2.28. The number of carbonyl (C=O) groups excluding carboxylic acids is 1. The molecule has 0 unspecified atom stereocenters. The number of hydrogen-bond donors (Lipinski definition) is 1. The summed E-state index contributed by atoms with van der Waals surface area (Å²) >= 11 is 0. The maximum absolute atomic E-state index is 12.5. The lowest BCUT2D eigenvalue weighted by Crippen LogP contribution is -2.50. The van der Waals surface area contributed by atoms with E-state index in [1.54, 1.807) is 7.11 Å². The minimum atomic E-state index is -0.141. The van der Waals surface area contributed by atoms with Gasteiger partial charge in [-0.05, 0) is 29.7 Å². The van der Waals surface area contributed by atoms with Crippen molar-refractivity contribution in [2.24, 2.45) is 0 Å². The summed E-state index contributed by atoms with van der Waals surface area (Å²) in [5, 5.41) is 3.11. The number of rotatable bonds is 7. The summed E-state index contributed by atoms with van der Waals surface area (Å²) in [4.78, 5) is 12.5. The molecule has 0 saturated carbocycles. The van der Waals surface area contributed by atoms with Gasteiger partial charge in [-0.3, -0.25) is 4.79 Å². The zero-order valence-electron chi connectivity index (χ0n) is 15.0. The molecule has 0 aromatic heterocycles. The van der Waals surface area contributed by atoms with Crippen LogP contribution in [0.5, 0.6) is 5.75 Å². The van der Waals surface area contributed by atoms with Gasteiger partial charge >= 0.3 is 0 Å². The van der Waals surface area contributed by atoms with Crippen LogP contribution in [0.2, 0.25) is 0 Å². The van der Waals surface area contributed by atoms with Crippen LogP contribution in [0.25, 0.3) is 0 Å². The second kappa shape index (κ2) is 9.36. The van der Waals surface area contributed by atoms with E-state index in [0.29, 0.717) is 26.2 Å². The number of amides is 1. The lowest BCUT2D eigenvalue weighted by molar-refractivity contribution is -0.126. The number of nitrogens with one attached hydrogen (secondary N) is 1. The number of hydrogen-bond acceptors (Lipinski definition) is 4. The van der Waals surface area contributed by atoms with Crippen LogP contribution >= 0.6 is 0 Å². The van der Waals surface area contributed by atoms with Crippen molar-refractivity contribution < 1.29 is 19.0 Å². The molecule has 3 rings (SSSR count). The number of carbonyl (C=O) groups is 1. The fourth-order valence-electron chi connectivity index (χ4n) is 3.04. The summed E-state index contributed by atoms with van der Waals surface area (Å²) in [6.45, 7) is 1.64. The molecule has 1 saturated heterocycles. The summed E-state index contributed by atoms with van der Waals surface area (Å²) in [7, 11) is 1.62. The van der Waals surface area contributed by atoms with E-state index in [1.165, 1.54) is 0 Å². The van der Waals surface area contributed by atoms with E-state index in [4.69, 9.17) is 14.2 Å². The first-order valence-electron chi connectivity index (χ1n) is 8.90. The molecule has 1 aliphatic rings. The van der Waals surface area contributed by atoms with E-state index in [9.17, 15) is 4.79 Å². The highest BCUT2D eigenvalue weighted by molar-refractivity contribution is 5.79. The second-order valence-corrected chi connectivity index (χ2v) is 6.40. The number of benzene rings is 2. The first-order valence-corrected chi connectivity index (χ1v) is 8.90. The summed E-state index contributed by atoms with van der Waals surface area (Å²) in [5.41, 5.74) is 2.04. The minimum Gasteiger partial charge on any atom is -0.497 e. The van der Waals surface area contributed by atoms with Crippen molar-refractivity contribution in [3.8, 4) is 5.75 Å². The second-order valence-electron chi connectivity index (χ2n) is 6.40. The van der Waals surface area contributed by atoms with Gasteiger partial charge in [-0.2, -0.15) is 0 Å². The number of methoxy groups -OCH3 is 1. The Morgan fingerprint density at radius 3 is 2.77 bits per heavy atom. The Morgan fingerprint density at radius 1 is 1.15 bits per heavy atom. The van der Waals surface area contributed by atoms with Crippen molar-refractivity contribution in [3.05, 3.63) is 65.7 Å². The molecular weight excluding hydrogens is 330 g/mol. The van der Waals surface area contributed by atoms with Crippen LogP contribution < -0.4 is 10.1 Å². The quantitative estimate of drug-likeness (QED) is 0.830. The van der Waals surface area contributed by atoms with Gasteiger partial charge in [-0.25, -0.2) is 0 Å². The predicted molar refractivity (Wildman–Crippen MR) is 99.1 cm³/mol. The van der Waals surface area contributed by atoms with Gasteiger partial charge in [0.2, 0.25) is 5.91 Å². The van der Waals surface area contributed by atoms with Gasteiger partial charge < -0.3 is 19.5 Å². The Hall–Kier alpha value is -2.37. The molecule has 1 heterocycles. The van der Waals surface area contributed by atoms with Crippen molar-refractivity contribution >= 4 is 5.91 Å². The van der Waals surface area contributed by atoms with Gasteiger partial charge in [-0.15, -0.1) is 0 Å². The average molecular weight is 355 g/mol. The van der Waals surface area contributed by atoms with Crippen molar-refractivity contribution in [1.82, 2.24) is 5.32 Å². The van der Waals surface area contributed by atoms with Crippen molar-refractivity contribution in [3.63, 3.8) is 0 Å². The van der Waals surface area contributed by atoms with E-state index >= 15 is 0 Å². The molecule has 26 heavy (non-hydrogen) atoms. The topological polar surface area (TPSA) is 56.8 Å². The largest absolute Gasteiger partial charge is 0.497 e. The normalized spacial score (nSPS) is 19.7. The van der Waals surface area contributed by atoms with Crippen LogP contribution in [-0.4, -0.2) is 38.4 Å². The van der Waals surface area contributed by atoms with Gasteiger partial charge in [0.25, 0.3) is 0 Å². The fourth-order valence-corrected chi connectivity index (χ4v) is 3.04. The van der Waals surface area contributed by atoms with Gasteiger partial charge in [0.1, 0.15) is 11.9 Å². The van der Waals surface area contributed by atoms with E-state index in [0.717, 1.165) is 23.3 Å². The highest BCUT2D eigenvalue weighted by atomic mass is 16.5. The molecule has 5 heteroatoms. The summed E-state index contributed by atoms with van der Waals surface area (Å²) in [5.74, 6) is 0.740. The van der Waals surface area contributed by atoms with E-state index in [2.05, 4.69) is 5.32 Å². The monoisotopic (exact) mass is 355 g/mol. The zero-order valence-corrected chi connectivity index (χ0v) is 15.0. The third-order valence-corrected chi connectivity index (χ3v) is 4.46. The molecule has 5 nitrogen and oxygen atoms in total. The van der Waals surface area contributed by atoms with Crippen LogP contribution in [0, 0.1) is 0 Å². The lowest BCUT2D eigenvalue weighted by atomic mass is 10.0. The minimum absolute atomic E-state index is 0.0153. The third kappa shape index (κ3) is 5.31. The summed E-state index contributed by atoms with van der Waals surface area (Å²) in [6.07, 6.45) is 0.932. The average Bonchev–Trinajstić information content (AvgIpc) is 2.68. The van der Waals surface area contributed by atoms with Gasteiger partial charge in [0.15, 0.2) is 0 Å². The Balaban J connectivity index is 1.54. The summed E-state index contributed by atoms with van der Waals surface area (Å²) < 4.78 is 16.8. The predicted octanol–water partition coefficient (Wildman–Crippen LogP) is 2.73. The van der Waals surface area contributed by atoms with Crippen molar-refractivity contribution in [1.29, 1.82) is 0 Å². The van der Waals surface area contributed by atoms with Gasteiger partial charge in [0, 0.05) is 6.61 Å². The molecule has 1 N–H and O–H groups in total. The Kier molecular flexibility index (Phi) is 6.63. The van der Waals surface area contributed by atoms with Crippen LogP contribution in [0.4, 0.5) is 0 Å². The molecule has 1 fully saturated rings. The zero-order chi connectivity index (χ0) is 18.2. The SMILES string of the molecule is COc1cccc(CC(=O)N[C@@H]2CCOC[C@H]2OCc2ccccc2)c1. The first kappa shape index (κ1) is 18.4. The molecule has 2 aromatic carbocycles. The molecule has 138 valence electrons. The van der Waals surface area contributed by atoms with E-state index < -0.39 is 0 Å². The van der Waals surface area contributed by atoms with Gasteiger partial charge in [-0.1, -0.05) is 42.5 Å². The van der Waals surface area contributed by atoms with Crippen LogP contribution in [-0.2, 0) is 27.3 Å². The summed E-state index contributed by atoms with van der Waals surface area (Å²) in [6, 6.07) is 17.5. The van der Waals surface area contributed by atoms with E-state index in [-0.39, 0.29) is 18.1 Å². The molecule has 2 atom stereocenters.